The van der Waals surface area contributed by atoms with Gasteiger partial charge in [0.2, 0.25) is 5.75 Å². The van der Waals surface area contributed by atoms with Crippen LogP contribution in [0.15, 0.2) is 60.7 Å². The maximum Gasteiger partial charge on any atom is 0.313 e. The standard InChI is InChI=1S/C29H31NO6/c1-29(2,3)18-24(28(31)34-4)23-16-25(30(32)33)27(36-21-10-6-5-7-11-21)17-22(23)19-12-13-26-20(15-19)9-8-14-35-26/h5-7,10-13,15-17,24H,8-9,14,18H2,1-4H3. The molecule has 3 aromatic carbocycles. The van der Waals surface area contributed by atoms with Crippen LogP contribution in [-0.2, 0) is 16.0 Å². The van der Waals surface area contributed by atoms with Gasteiger partial charge in [-0.25, -0.2) is 0 Å². The molecule has 7 heteroatoms. The van der Waals surface area contributed by atoms with Crippen molar-refractivity contribution >= 4 is 11.7 Å². The van der Waals surface area contributed by atoms with Crippen molar-refractivity contribution in [2.45, 2.75) is 46.0 Å². The van der Waals surface area contributed by atoms with Gasteiger partial charge in [-0.05, 0) is 77.3 Å². The van der Waals surface area contributed by atoms with E-state index in [4.69, 9.17) is 14.2 Å². The third-order valence-electron chi connectivity index (χ3n) is 6.20. The van der Waals surface area contributed by atoms with Crippen LogP contribution in [0.4, 0.5) is 5.69 Å². The normalized spacial score (nSPS) is 13.8. The zero-order chi connectivity index (χ0) is 25.9. The maximum atomic E-state index is 13.0. The van der Waals surface area contributed by atoms with Crippen molar-refractivity contribution in [2.75, 3.05) is 13.7 Å². The van der Waals surface area contributed by atoms with Crippen LogP contribution < -0.4 is 9.47 Å². The smallest absolute Gasteiger partial charge is 0.313 e. The summed E-state index contributed by atoms with van der Waals surface area (Å²) in [6.07, 6.45) is 2.25. The molecule has 0 fully saturated rings. The van der Waals surface area contributed by atoms with Gasteiger partial charge in [-0.15, -0.1) is 0 Å². The Morgan fingerprint density at radius 1 is 1.11 bits per heavy atom. The van der Waals surface area contributed by atoms with Gasteiger partial charge in [0.1, 0.15) is 11.5 Å². The van der Waals surface area contributed by atoms with E-state index in [1.807, 2.05) is 45.0 Å². The number of hydrogen-bond donors (Lipinski definition) is 0. The predicted octanol–water partition coefficient (Wildman–Crippen LogP) is 7.07. The molecule has 1 aliphatic heterocycles. The molecule has 3 aromatic rings. The summed E-state index contributed by atoms with van der Waals surface area (Å²) in [7, 11) is 1.34. The van der Waals surface area contributed by atoms with Gasteiger partial charge in [-0.1, -0.05) is 45.0 Å². The van der Waals surface area contributed by atoms with E-state index in [9.17, 15) is 14.9 Å². The Bertz CT molecular complexity index is 1260. The Morgan fingerprint density at radius 2 is 1.86 bits per heavy atom. The second kappa shape index (κ2) is 10.4. The lowest BCUT2D eigenvalue weighted by atomic mass is 9.78. The fourth-order valence-electron chi connectivity index (χ4n) is 4.57. The second-order valence-electron chi connectivity index (χ2n) is 10.2. The number of carbonyl (C=O) groups excluding carboxylic acids is 1. The number of esters is 1. The van der Waals surface area contributed by atoms with Crippen LogP contribution in [0.25, 0.3) is 11.1 Å². The monoisotopic (exact) mass is 489 g/mol. The van der Waals surface area contributed by atoms with Gasteiger partial charge in [0.25, 0.3) is 0 Å². The lowest BCUT2D eigenvalue weighted by Crippen LogP contribution is -2.21. The highest BCUT2D eigenvalue weighted by Crippen LogP contribution is 2.44. The van der Waals surface area contributed by atoms with Crippen LogP contribution in [0.2, 0.25) is 0 Å². The van der Waals surface area contributed by atoms with Crippen molar-refractivity contribution in [3.05, 3.63) is 81.9 Å². The molecule has 0 spiro atoms. The van der Waals surface area contributed by atoms with Crippen molar-refractivity contribution in [1.29, 1.82) is 0 Å². The first kappa shape index (κ1) is 25.2. The minimum Gasteiger partial charge on any atom is -0.493 e. The summed E-state index contributed by atoms with van der Waals surface area (Å²) in [5.41, 5.74) is 2.71. The van der Waals surface area contributed by atoms with Crippen LogP contribution >= 0.6 is 0 Å². The Labute approximate surface area is 211 Å². The molecule has 0 bridgehead atoms. The topological polar surface area (TPSA) is 87.9 Å². The Balaban J connectivity index is 1.94. The summed E-state index contributed by atoms with van der Waals surface area (Å²) in [6.45, 7) is 6.76. The highest BCUT2D eigenvalue weighted by Gasteiger charge is 2.33. The van der Waals surface area contributed by atoms with Crippen molar-refractivity contribution in [1.82, 2.24) is 0 Å². The van der Waals surface area contributed by atoms with E-state index in [2.05, 4.69) is 0 Å². The number of methoxy groups -OCH3 is 1. The predicted molar refractivity (Wildman–Crippen MR) is 138 cm³/mol. The second-order valence-corrected chi connectivity index (χ2v) is 10.2. The van der Waals surface area contributed by atoms with Gasteiger partial charge >= 0.3 is 11.7 Å². The molecule has 36 heavy (non-hydrogen) atoms. The number of ether oxygens (including phenoxy) is 3. The number of nitrogens with zero attached hydrogens (tertiary/aromatic N) is 1. The number of rotatable bonds is 7. The summed E-state index contributed by atoms with van der Waals surface area (Å²) in [5.74, 6) is 0.310. The van der Waals surface area contributed by atoms with Gasteiger partial charge in [0.15, 0.2) is 0 Å². The third-order valence-corrected chi connectivity index (χ3v) is 6.20. The van der Waals surface area contributed by atoms with Crippen molar-refractivity contribution in [2.24, 2.45) is 5.41 Å². The van der Waals surface area contributed by atoms with E-state index in [1.165, 1.54) is 13.2 Å². The molecule has 0 aromatic heterocycles. The van der Waals surface area contributed by atoms with Crippen molar-refractivity contribution in [3.63, 3.8) is 0 Å². The number of nitro benzene ring substituents is 1. The molecule has 0 N–H and O–H groups in total. The Morgan fingerprint density at radius 3 is 2.53 bits per heavy atom. The van der Waals surface area contributed by atoms with E-state index in [-0.39, 0.29) is 16.9 Å². The maximum absolute atomic E-state index is 13.0. The first-order valence-electron chi connectivity index (χ1n) is 12.1. The van der Waals surface area contributed by atoms with Crippen molar-refractivity contribution in [3.8, 4) is 28.4 Å². The van der Waals surface area contributed by atoms with Crippen LogP contribution in [0.3, 0.4) is 0 Å². The SMILES string of the molecule is COC(=O)C(CC(C)(C)C)c1cc([N+](=O)[O-])c(Oc2ccccc2)cc1-c1ccc2c(c1)CCCO2. The van der Waals surface area contributed by atoms with Crippen LogP contribution in [-0.4, -0.2) is 24.6 Å². The summed E-state index contributed by atoms with van der Waals surface area (Å²) in [6, 6.07) is 18.0. The van der Waals surface area contributed by atoms with Crippen LogP contribution in [0, 0.1) is 15.5 Å². The van der Waals surface area contributed by atoms with Gasteiger partial charge < -0.3 is 14.2 Å². The average Bonchev–Trinajstić information content (AvgIpc) is 2.86. The molecular formula is C29H31NO6. The van der Waals surface area contributed by atoms with Crippen molar-refractivity contribution < 1.29 is 23.9 Å². The fraction of sp³-hybridized carbons (Fsp3) is 0.345. The summed E-state index contributed by atoms with van der Waals surface area (Å²) < 4.78 is 16.9. The molecule has 0 saturated heterocycles. The van der Waals surface area contributed by atoms with Crippen LogP contribution in [0.1, 0.15) is 50.7 Å². The molecule has 1 heterocycles. The molecule has 1 aliphatic rings. The average molecular weight is 490 g/mol. The number of aryl methyl sites for hydroxylation is 1. The van der Waals surface area contributed by atoms with Gasteiger partial charge in [0.05, 0.1) is 24.6 Å². The van der Waals surface area contributed by atoms with E-state index in [0.717, 1.165) is 29.7 Å². The zero-order valence-electron chi connectivity index (χ0n) is 21.1. The number of carbonyl (C=O) groups is 1. The van der Waals surface area contributed by atoms with E-state index < -0.39 is 16.8 Å². The number of benzene rings is 3. The van der Waals surface area contributed by atoms with E-state index >= 15 is 0 Å². The van der Waals surface area contributed by atoms with Gasteiger partial charge in [0, 0.05) is 6.07 Å². The minimum absolute atomic E-state index is 0.110. The summed E-state index contributed by atoms with van der Waals surface area (Å²) >= 11 is 0. The highest BCUT2D eigenvalue weighted by molar-refractivity contribution is 5.84. The minimum atomic E-state index is -0.693. The highest BCUT2D eigenvalue weighted by atomic mass is 16.6. The molecule has 1 atom stereocenters. The van der Waals surface area contributed by atoms with Gasteiger partial charge in [-0.2, -0.15) is 0 Å². The molecule has 0 amide bonds. The largest absolute Gasteiger partial charge is 0.493 e. The first-order valence-corrected chi connectivity index (χ1v) is 12.1. The summed E-state index contributed by atoms with van der Waals surface area (Å²) in [5, 5.41) is 12.1. The third kappa shape index (κ3) is 5.67. The molecular weight excluding hydrogens is 458 g/mol. The molecule has 7 nitrogen and oxygen atoms in total. The number of nitro groups is 1. The molecule has 1 unspecified atom stereocenters. The number of fused-ring (bicyclic) bond motifs is 1. The lowest BCUT2D eigenvalue weighted by molar-refractivity contribution is -0.385. The quantitative estimate of drug-likeness (QED) is 0.200. The Kier molecular flexibility index (Phi) is 7.29. The molecule has 0 radical (unpaired) electrons. The molecule has 0 saturated carbocycles. The number of hydrogen-bond acceptors (Lipinski definition) is 6. The lowest BCUT2D eigenvalue weighted by Gasteiger charge is -2.27. The van der Waals surface area contributed by atoms with E-state index in [1.54, 1.807) is 30.3 Å². The Hall–Kier alpha value is -3.87. The molecule has 0 aliphatic carbocycles. The first-order chi connectivity index (χ1) is 17.2. The number of para-hydroxylation sites is 1. The fourth-order valence-corrected chi connectivity index (χ4v) is 4.57. The molecule has 188 valence electrons. The zero-order valence-corrected chi connectivity index (χ0v) is 21.1. The van der Waals surface area contributed by atoms with Crippen LogP contribution in [0.5, 0.6) is 17.2 Å². The van der Waals surface area contributed by atoms with Gasteiger partial charge in [-0.3, -0.25) is 14.9 Å². The summed E-state index contributed by atoms with van der Waals surface area (Å²) in [4.78, 5) is 24.7. The molecule has 4 rings (SSSR count). The van der Waals surface area contributed by atoms with E-state index in [0.29, 0.717) is 29.9 Å².